The van der Waals surface area contributed by atoms with Crippen molar-refractivity contribution in [3.8, 4) is 22.3 Å². The van der Waals surface area contributed by atoms with Crippen LogP contribution >= 0.6 is 0 Å². The zero-order chi connectivity index (χ0) is 37.4. The minimum Gasteiger partial charge on any atom is -0.346 e. The third-order valence-electron chi connectivity index (χ3n) is 9.63. The van der Waals surface area contributed by atoms with Gasteiger partial charge in [-0.3, -0.25) is 14.3 Å². The molecule has 270 valence electrons. The van der Waals surface area contributed by atoms with Crippen molar-refractivity contribution in [2.24, 2.45) is 0 Å². The van der Waals surface area contributed by atoms with E-state index in [-0.39, 0.29) is 12.0 Å². The molecule has 1 heterocycles. The van der Waals surface area contributed by atoms with Crippen molar-refractivity contribution in [2.75, 3.05) is 11.9 Å². The van der Waals surface area contributed by atoms with Gasteiger partial charge >= 0.3 is 12.4 Å². The van der Waals surface area contributed by atoms with E-state index in [1.54, 1.807) is 77.6 Å². The summed E-state index contributed by atoms with van der Waals surface area (Å²) in [5.74, 6) is -1.15. The first-order valence-corrected chi connectivity index (χ1v) is 16.9. The van der Waals surface area contributed by atoms with Crippen molar-refractivity contribution in [3.63, 3.8) is 0 Å². The van der Waals surface area contributed by atoms with E-state index in [2.05, 4.69) is 15.7 Å². The number of rotatable bonds is 10. The second-order valence-corrected chi connectivity index (χ2v) is 13.0. The van der Waals surface area contributed by atoms with E-state index >= 15 is 0 Å². The number of fused-ring (bicyclic) bond motifs is 4. The lowest BCUT2D eigenvalue weighted by Crippen LogP contribution is -2.47. The van der Waals surface area contributed by atoms with Gasteiger partial charge < -0.3 is 10.6 Å². The highest BCUT2D eigenvalue weighted by molar-refractivity contribution is 6.11. The van der Waals surface area contributed by atoms with Crippen molar-refractivity contribution in [2.45, 2.75) is 43.6 Å². The van der Waals surface area contributed by atoms with Gasteiger partial charge in [-0.15, -0.1) is 0 Å². The number of aromatic nitrogens is 2. The summed E-state index contributed by atoms with van der Waals surface area (Å²) in [5, 5.41) is 10.4. The zero-order valence-electron chi connectivity index (χ0n) is 28.1. The van der Waals surface area contributed by atoms with Crippen LogP contribution in [0.5, 0.6) is 0 Å². The first-order chi connectivity index (χ1) is 25.3. The Morgan fingerprint density at radius 2 is 1.32 bits per heavy atom. The van der Waals surface area contributed by atoms with Crippen molar-refractivity contribution < 1.29 is 35.9 Å². The lowest BCUT2D eigenvalue weighted by molar-refractivity contribution is -0.141. The molecule has 5 aromatic carbocycles. The van der Waals surface area contributed by atoms with E-state index in [1.807, 2.05) is 24.3 Å². The summed E-state index contributed by atoms with van der Waals surface area (Å²) in [5.41, 5.74) is 3.20. The van der Waals surface area contributed by atoms with Gasteiger partial charge in [0, 0.05) is 23.7 Å². The molecule has 1 aliphatic carbocycles. The number of aryl methyl sites for hydroxylation is 1. The molecule has 53 heavy (non-hydrogen) atoms. The summed E-state index contributed by atoms with van der Waals surface area (Å²) < 4.78 is 80.9. The summed E-state index contributed by atoms with van der Waals surface area (Å²) in [6, 6.07) is 31.2. The first kappa shape index (κ1) is 35.5. The molecule has 2 amide bonds. The van der Waals surface area contributed by atoms with Gasteiger partial charge in [0.1, 0.15) is 12.0 Å². The first-order valence-electron chi connectivity index (χ1n) is 16.9. The number of anilines is 1. The average Bonchev–Trinajstić information content (AvgIpc) is 3.70. The SMILES string of the molecule is O=C(Nc1cccc2nn(CCCCC3(C(=O)NCC(F)(F)F)c4ccccc4-c4ccccc43)cc12)c1ccccc1-c1ccc(C(F)(F)F)cc1. The van der Waals surface area contributed by atoms with Crippen LogP contribution in [0.25, 0.3) is 33.2 Å². The standard InChI is InChI=1S/C41H32F6N4O2/c42-40(43,44)25-48-38(53)39(33-14-5-3-11-29(33)30-12-4-6-15-34(30)39)22-7-8-23-51-24-32-35(16-9-17-36(32)50-51)49-37(52)31-13-2-1-10-28(31)26-18-20-27(21-19-26)41(45,46)47/h1-6,9-21,24H,7-8,22-23,25H2,(H,48,53)(H,49,52). The Labute approximate surface area is 300 Å². The van der Waals surface area contributed by atoms with Gasteiger partial charge in [-0.1, -0.05) is 84.9 Å². The second kappa shape index (κ2) is 13.9. The third kappa shape index (κ3) is 7.01. The van der Waals surface area contributed by atoms with Crippen LogP contribution < -0.4 is 10.6 Å². The van der Waals surface area contributed by atoms with Crippen LogP contribution in [0.4, 0.5) is 32.0 Å². The number of nitrogens with zero attached hydrogens (tertiary/aromatic N) is 2. The van der Waals surface area contributed by atoms with Crippen LogP contribution in [0.3, 0.4) is 0 Å². The molecule has 0 radical (unpaired) electrons. The summed E-state index contributed by atoms with van der Waals surface area (Å²) in [4.78, 5) is 27.4. The maximum absolute atomic E-state index is 13.8. The summed E-state index contributed by atoms with van der Waals surface area (Å²) in [6.45, 7) is -1.00. The molecule has 12 heteroatoms. The van der Waals surface area contributed by atoms with E-state index < -0.39 is 41.7 Å². The number of unbranched alkanes of at least 4 members (excludes halogenated alkanes) is 1. The molecule has 1 aromatic heterocycles. The van der Waals surface area contributed by atoms with Crippen LogP contribution in [0.2, 0.25) is 0 Å². The van der Waals surface area contributed by atoms with E-state index in [9.17, 15) is 35.9 Å². The van der Waals surface area contributed by atoms with E-state index in [1.165, 1.54) is 12.1 Å². The van der Waals surface area contributed by atoms with Gasteiger partial charge in [-0.05, 0) is 83.0 Å². The number of hydrogen-bond donors (Lipinski definition) is 2. The largest absolute Gasteiger partial charge is 0.416 e. The Hall–Kier alpha value is -5.91. The normalized spacial score (nSPS) is 13.4. The predicted octanol–water partition coefficient (Wildman–Crippen LogP) is 9.79. The second-order valence-electron chi connectivity index (χ2n) is 13.0. The topological polar surface area (TPSA) is 76.0 Å². The number of hydrogen-bond acceptors (Lipinski definition) is 3. The van der Waals surface area contributed by atoms with Gasteiger partial charge in [0.15, 0.2) is 0 Å². The molecule has 1 aliphatic rings. The molecule has 0 aliphatic heterocycles. The van der Waals surface area contributed by atoms with E-state index in [0.717, 1.165) is 23.3 Å². The summed E-state index contributed by atoms with van der Waals surface area (Å²) >= 11 is 0. The number of alkyl halides is 6. The lowest BCUT2D eigenvalue weighted by Gasteiger charge is -2.31. The Balaban J connectivity index is 1.08. The van der Waals surface area contributed by atoms with Gasteiger partial charge in [0.2, 0.25) is 5.91 Å². The number of carbonyl (C=O) groups is 2. The van der Waals surface area contributed by atoms with Gasteiger partial charge in [-0.25, -0.2) is 0 Å². The molecule has 0 fully saturated rings. The molecule has 0 spiro atoms. The monoisotopic (exact) mass is 726 g/mol. The number of nitrogens with one attached hydrogen (secondary N) is 2. The van der Waals surface area contributed by atoms with Crippen molar-refractivity contribution in [3.05, 3.63) is 144 Å². The van der Waals surface area contributed by atoms with E-state index in [0.29, 0.717) is 58.2 Å². The average molecular weight is 727 g/mol. The summed E-state index contributed by atoms with van der Waals surface area (Å²) in [6.07, 6.45) is -5.95. The fourth-order valence-electron chi connectivity index (χ4n) is 7.23. The highest BCUT2D eigenvalue weighted by Gasteiger charge is 2.49. The van der Waals surface area contributed by atoms with Gasteiger partial charge in [0.25, 0.3) is 5.91 Å². The lowest BCUT2D eigenvalue weighted by atomic mass is 9.73. The van der Waals surface area contributed by atoms with Crippen LogP contribution in [-0.4, -0.2) is 34.3 Å². The number of carbonyl (C=O) groups excluding carboxylic acids is 2. The molecular weight excluding hydrogens is 694 g/mol. The van der Waals surface area contributed by atoms with Crippen LogP contribution in [0, 0.1) is 0 Å². The Bertz CT molecular complexity index is 2270. The highest BCUT2D eigenvalue weighted by atomic mass is 19.4. The molecule has 6 aromatic rings. The Morgan fingerprint density at radius 1 is 0.698 bits per heavy atom. The smallest absolute Gasteiger partial charge is 0.346 e. The van der Waals surface area contributed by atoms with Gasteiger partial charge in [-0.2, -0.15) is 31.4 Å². The van der Waals surface area contributed by atoms with E-state index in [4.69, 9.17) is 0 Å². The maximum atomic E-state index is 13.8. The molecular formula is C41H32F6N4O2. The zero-order valence-corrected chi connectivity index (χ0v) is 28.1. The van der Waals surface area contributed by atoms with Crippen molar-refractivity contribution >= 4 is 28.4 Å². The van der Waals surface area contributed by atoms with Crippen LogP contribution in [0.15, 0.2) is 121 Å². The number of halogens is 6. The van der Waals surface area contributed by atoms with Crippen molar-refractivity contribution in [1.82, 2.24) is 15.1 Å². The predicted molar refractivity (Wildman–Crippen MR) is 190 cm³/mol. The molecule has 0 saturated heterocycles. The Morgan fingerprint density at radius 3 is 1.96 bits per heavy atom. The minimum atomic E-state index is -4.57. The quantitative estimate of drug-likeness (QED) is 0.109. The highest BCUT2D eigenvalue weighted by Crippen LogP contribution is 2.51. The third-order valence-corrected chi connectivity index (χ3v) is 9.63. The molecule has 0 saturated carbocycles. The Kier molecular flexibility index (Phi) is 9.31. The molecule has 0 atom stereocenters. The molecule has 6 nitrogen and oxygen atoms in total. The molecule has 7 rings (SSSR count). The van der Waals surface area contributed by atoms with Crippen LogP contribution in [0.1, 0.15) is 46.3 Å². The van der Waals surface area contributed by atoms with Crippen LogP contribution in [-0.2, 0) is 22.9 Å². The maximum Gasteiger partial charge on any atom is 0.416 e. The molecule has 0 unspecified atom stereocenters. The number of benzene rings is 5. The fraction of sp³-hybridized carbons (Fsp3) is 0.195. The molecule has 2 N–H and O–H groups in total. The number of amides is 2. The molecule has 0 bridgehead atoms. The van der Waals surface area contributed by atoms with Crippen molar-refractivity contribution in [1.29, 1.82) is 0 Å². The fourth-order valence-corrected chi connectivity index (χ4v) is 7.23. The minimum absolute atomic E-state index is 0.269. The summed E-state index contributed by atoms with van der Waals surface area (Å²) in [7, 11) is 0. The van der Waals surface area contributed by atoms with Gasteiger partial charge in [0.05, 0.1) is 16.8 Å².